The molecule has 1 amide bonds. The molecule has 0 spiro atoms. The Kier molecular flexibility index (Phi) is 5.86. The van der Waals surface area contributed by atoms with Gasteiger partial charge in [-0.25, -0.2) is 0 Å². The predicted octanol–water partition coefficient (Wildman–Crippen LogP) is 0.591. The van der Waals surface area contributed by atoms with E-state index in [1.54, 1.807) is 6.07 Å². The van der Waals surface area contributed by atoms with Crippen molar-refractivity contribution in [2.75, 3.05) is 39.4 Å². The topological polar surface area (TPSA) is 70.8 Å². The van der Waals surface area contributed by atoms with Crippen LogP contribution in [0, 0.1) is 0 Å². The highest BCUT2D eigenvalue weighted by atomic mass is 16.5. The normalized spacial score (nSPS) is 26.3. The molecule has 2 fully saturated rings. The van der Waals surface area contributed by atoms with E-state index in [0.29, 0.717) is 25.2 Å². The maximum atomic E-state index is 12.7. The van der Waals surface area contributed by atoms with Crippen molar-refractivity contribution in [1.29, 1.82) is 0 Å². The lowest BCUT2D eigenvalue weighted by molar-refractivity contribution is -0.0222. The third-order valence-electron chi connectivity index (χ3n) is 4.95. The summed E-state index contributed by atoms with van der Waals surface area (Å²) in [6.07, 6.45) is 3.87. The van der Waals surface area contributed by atoms with Gasteiger partial charge in [0.05, 0.1) is 19.3 Å². The number of aliphatic hydroxyl groups excluding tert-OH is 1. The molecule has 0 unspecified atom stereocenters. The number of ether oxygens (including phenoxy) is 1. The summed E-state index contributed by atoms with van der Waals surface area (Å²) in [5, 5.41) is 14.9. The standard InChI is InChI=1S/C17H28N4O3/c1-2-6-21-9-3-14(18-21)17(23)20-7-4-15(16(22)5-8-20)19-10-12-24-13-11-19/h3,9,15-16,22H,2,4-8,10-13H2,1H3/t15-,16-/m0/s1. The Morgan fingerprint density at radius 1 is 1.29 bits per heavy atom. The average molecular weight is 336 g/mol. The zero-order chi connectivity index (χ0) is 16.9. The number of nitrogens with zero attached hydrogens (tertiary/aromatic N) is 4. The molecule has 0 bridgehead atoms. The van der Waals surface area contributed by atoms with Crippen LogP contribution >= 0.6 is 0 Å². The van der Waals surface area contributed by atoms with E-state index >= 15 is 0 Å². The van der Waals surface area contributed by atoms with Crippen LogP contribution in [0.5, 0.6) is 0 Å². The summed E-state index contributed by atoms with van der Waals surface area (Å²) in [4.78, 5) is 16.8. The van der Waals surface area contributed by atoms with Crippen molar-refractivity contribution in [2.24, 2.45) is 0 Å². The van der Waals surface area contributed by atoms with Crippen molar-refractivity contribution in [2.45, 2.75) is 44.9 Å². The fraction of sp³-hybridized carbons (Fsp3) is 0.765. The summed E-state index contributed by atoms with van der Waals surface area (Å²) in [5.41, 5.74) is 0.503. The average Bonchev–Trinajstić information content (AvgIpc) is 2.98. The molecule has 2 atom stereocenters. The Morgan fingerprint density at radius 3 is 2.79 bits per heavy atom. The van der Waals surface area contributed by atoms with E-state index < -0.39 is 6.10 Å². The number of rotatable bonds is 4. The van der Waals surface area contributed by atoms with Gasteiger partial charge in [0.25, 0.3) is 5.91 Å². The van der Waals surface area contributed by atoms with Gasteiger partial charge in [-0.05, 0) is 25.3 Å². The molecule has 134 valence electrons. The van der Waals surface area contributed by atoms with Gasteiger partial charge in [0, 0.05) is 45.0 Å². The quantitative estimate of drug-likeness (QED) is 0.871. The van der Waals surface area contributed by atoms with Crippen molar-refractivity contribution in [3.05, 3.63) is 18.0 Å². The molecule has 3 heterocycles. The molecule has 7 nitrogen and oxygen atoms in total. The van der Waals surface area contributed by atoms with Crippen LogP contribution in [-0.2, 0) is 11.3 Å². The molecule has 1 aromatic heterocycles. The lowest BCUT2D eigenvalue weighted by Crippen LogP contribution is -2.49. The summed E-state index contributed by atoms with van der Waals surface area (Å²) in [6.45, 7) is 7.33. The second kappa shape index (κ2) is 8.09. The minimum absolute atomic E-state index is 0.0281. The van der Waals surface area contributed by atoms with Gasteiger partial charge < -0.3 is 14.7 Å². The van der Waals surface area contributed by atoms with Crippen LogP contribution in [-0.4, -0.2) is 82.1 Å². The molecular weight excluding hydrogens is 308 g/mol. The van der Waals surface area contributed by atoms with Crippen molar-refractivity contribution in [3.8, 4) is 0 Å². The maximum Gasteiger partial charge on any atom is 0.274 e. The Hall–Kier alpha value is -1.44. The van der Waals surface area contributed by atoms with Crippen LogP contribution in [0.1, 0.15) is 36.7 Å². The van der Waals surface area contributed by atoms with E-state index in [0.717, 1.165) is 45.7 Å². The van der Waals surface area contributed by atoms with Gasteiger partial charge in [0.1, 0.15) is 5.69 Å². The monoisotopic (exact) mass is 336 g/mol. The predicted molar refractivity (Wildman–Crippen MR) is 89.8 cm³/mol. The molecule has 1 aromatic rings. The molecule has 2 saturated heterocycles. The second-order valence-electron chi connectivity index (χ2n) is 6.62. The van der Waals surface area contributed by atoms with Crippen LogP contribution in [0.15, 0.2) is 12.3 Å². The van der Waals surface area contributed by atoms with Crippen LogP contribution in [0.25, 0.3) is 0 Å². The van der Waals surface area contributed by atoms with Gasteiger partial charge in [0.15, 0.2) is 0 Å². The first-order valence-electron chi connectivity index (χ1n) is 9.01. The Morgan fingerprint density at radius 2 is 2.04 bits per heavy atom. The number of amides is 1. The molecular formula is C17H28N4O3. The van der Waals surface area contributed by atoms with E-state index in [2.05, 4.69) is 16.9 Å². The summed E-state index contributed by atoms with van der Waals surface area (Å²) < 4.78 is 7.21. The summed E-state index contributed by atoms with van der Waals surface area (Å²) in [6, 6.07) is 1.91. The molecule has 0 saturated carbocycles. The number of morpholine rings is 1. The van der Waals surface area contributed by atoms with E-state index in [1.807, 2.05) is 15.8 Å². The molecule has 2 aliphatic rings. The summed E-state index contributed by atoms with van der Waals surface area (Å²) in [7, 11) is 0. The molecule has 1 N–H and O–H groups in total. The van der Waals surface area contributed by atoms with Crippen molar-refractivity contribution < 1.29 is 14.6 Å². The number of aliphatic hydroxyl groups is 1. The van der Waals surface area contributed by atoms with Crippen molar-refractivity contribution in [1.82, 2.24) is 19.6 Å². The lowest BCUT2D eigenvalue weighted by atomic mass is 10.0. The van der Waals surface area contributed by atoms with Gasteiger partial charge in [0.2, 0.25) is 0 Å². The van der Waals surface area contributed by atoms with E-state index in [4.69, 9.17) is 4.74 Å². The first kappa shape index (κ1) is 17.4. The number of likely N-dealkylation sites (tertiary alicyclic amines) is 1. The summed E-state index contributed by atoms with van der Waals surface area (Å²) in [5.74, 6) is -0.0281. The van der Waals surface area contributed by atoms with Crippen LogP contribution in [0.2, 0.25) is 0 Å². The fourth-order valence-corrected chi connectivity index (χ4v) is 3.60. The highest BCUT2D eigenvalue weighted by molar-refractivity contribution is 5.92. The maximum absolute atomic E-state index is 12.7. The zero-order valence-electron chi connectivity index (χ0n) is 14.4. The third-order valence-corrected chi connectivity index (χ3v) is 4.95. The minimum Gasteiger partial charge on any atom is -0.391 e. The highest BCUT2D eigenvalue weighted by Gasteiger charge is 2.32. The van der Waals surface area contributed by atoms with Crippen molar-refractivity contribution >= 4 is 5.91 Å². The van der Waals surface area contributed by atoms with Crippen molar-refractivity contribution in [3.63, 3.8) is 0 Å². The first-order chi connectivity index (χ1) is 11.7. The highest BCUT2D eigenvalue weighted by Crippen LogP contribution is 2.20. The number of aryl methyl sites for hydroxylation is 1. The molecule has 2 aliphatic heterocycles. The molecule has 24 heavy (non-hydrogen) atoms. The SMILES string of the molecule is CCCn1ccc(C(=O)N2CC[C@H](O)[C@@H](N3CCOCC3)CC2)n1. The van der Waals surface area contributed by atoms with Crippen LogP contribution < -0.4 is 0 Å². The minimum atomic E-state index is -0.390. The van der Waals surface area contributed by atoms with Gasteiger partial charge in [-0.2, -0.15) is 5.10 Å². The van der Waals surface area contributed by atoms with Crippen LogP contribution in [0.4, 0.5) is 0 Å². The number of carbonyl (C=O) groups excluding carboxylic acids is 1. The van der Waals surface area contributed by atoms with Gasteiger partial charge >= 0.3 is 0 Å². The van der Waals surface area contributed by atoms with E-state index in [-0.39, 0.29) is 11.9 Å². The molecule has 0 radical (unpaired) electrons. The second-order valence-corrected chi connectivity index (χ2v) is 6.62. The molecule has 0 aliphatic carbocycles. The number of carbonyl (C=O) groups is 1. The van der Waals surface area contributed by atoms with E-state index in [9.17, 15) is 9.90 Å². The Bertz CT molecular complexity index is 542. The third kappa shape index (κ3) is 3.96. The molecule has 0 aromatic carbocycles. The molecule has 3 rings (SSSR count). The summed E-state index contributed by atoms with van der Waals surface area (Å²) >= 11 is 0. The largest absolute Gasteiger partial charge is 0.391 e. The lowest BCUT2D eigenvalue weighted by Gasteiger charge is -2.36. The Balaban J connectivity index is 1.62. The number of aromatic nitrogens is 2. The Labute approximate surface area is 143 Å². The van der Waals surface area contributed by atoms with Gasteiger partial charge in [-0.3, -0.25) is 14.4 Å². The molecule has 7 heteroatoms. The number of hydrogen-bond donors (Lipinski definition) is 1. The number of hydrogen-bond acceptors (Lipinski definition) is 5. The zero-order valence-corrected chi connectivity index (χ0v) is 14.4. The van der Waals surface area contributed by atoms with Gasteiger partial charge in [-0.15, -0.1) is 0 Å². The first-order valence-corrected chi connectivity index (χ1v) is 9.01. The fourth-order valence-electron chi connectivity index (χ4n) is 3.60. The van der Waals surface area contributed by atoms with E-state index in [1.165, 1.54) is 0 Å². The van der Waals surface area contributed by atoms with Gasteiger partial charge in [-0.1, -0.05) is 6.92 Å². The smallest absolute Gasteiger partial charge is 0.274 e. The van der Waals surface area contributed by atoms with Crippen LogP contribution in [0.3, 0.4) is 0 Å².